The van der Waals surface area contributed by atoms with Crippen LogP contribution in [0.4, 0.5) is 0 Å². The average molecular weight is 551 g/mol. The van der Waals surface area contributed by atoms with E-state index in [-0.39, 0.29) is 41.8 Å². The predicted octanol–water partition coefficient (Wildman–Crippen LogP) is 3.17. The molecule has 0 bridgehead atoms. The van der Waals surface area contributed by atoms with Gasteiger partial charge in [-0.2, -0.15) is 0 Å². The summed E-state index contributed by atoms with van der Waals surface area (Å²) in [7, 11) is -6.21. The molecule has 166 valence electrons. The molecule has 14 heteroatoms. The SMILES string of the molecule is O=S(=O)(Cl)c1ccc2c(c1)S(=O)(=O)c1cc3c(cc1-2)-c1ccc(S(=O)(=O)Cl)cc1S3(=O)=O. The van der Waals surface area contributed by atoms with E-state index in [9.17, 15) is 33.7 Å². The van der Waals surface area contributed by atoms with E-state index in [4.69, 9.17) is 21.4 Å². The fraction of sp³-hybridized carbons (Fsp3) is 0. The van der Waals surface area contributed by atoms with Crippen LogP contribution >= 0.6 is 21.4 Å². The van der Waals surface area contributed by atoms with Crippen molar-refractivity contribution < 1.29 is 33.7 Å². The van der Waals surface area contributed by atoms with Crippen LogP contribution in [0.15, 0.2) is 77.9 Å². The summed E-state index contributed by atoms with van der Waals surface area (Å²) in [6, 6.07) is 9.11. The molecule has 0 saturated heterocycles. The summed E-state index contributed by atoms with van der Waals surface area (Å²) in [5.74, 6) is 0. The number of rotatable bonds is 2. The average Bonchev–Trinajstić information content (AvgIpc) is 3.05. The molecule has 2 aliphatic heterocycles. The van der Waals surface area contributed by atoms with E-state index in [2.05, 4.69) is 0 Å². The molecule has 0 unspecified atom stereocenters. The van der Waals surface area contributed by atoms with Gasteiger partial charge in [-0.15, -0.1) is 0 Å². The number of benzene rings is 3. The van der Waals surface area contributed by atoms with Gasteiger partial charge in [0.25, 0.3) is 18.1 Å². The number of fused-ring (bicyclic) bond motifs is 6. The lowest BCUT2D eigenvalue weighted by Gasteiger charge is -2.04. The molecule has 2 aliphatic rings. The highest BCUT2D eigenvalue weighted by molar-refractivity contribution is 8.14. The Balaban J connectivity index is 1.82. The second-order valence-electron chi connectivity index (χ2n) is 7.04. The van der Waals surface area contributed by atoms with Crippen molar-refractivity contribution in [3.05, 3.63) is 48.5 Å². The fourth-order valence-electron chi connectivity index (χ4n) is 3.86. The van der Waals surface area contributed by atoms with Crippen molar-refractivity contribution in [2.75, 3.05) is 0 Å². The zero-order valence-electron chi connectivity index (χ0n) is 15.3. The Morgan fingerprint density at radius 2 is 0.844 bits per heavy atom. The monoisotopic (exact) mass is 550 g/mol. The first-order valence-electron chi connectivity index (χ1n) is 8.50. The molecule has 0 radical (unpaired) electrons. The van der Waals surface area contributed by atoms with Crippen LogP contribution in [-0.4, -0.2) is 33.7 Å². The van der Waals surface area contributed by atoms with E-state index in [1.807, 2.05) is 0 Å². The molecule has 8 nitrogen and oxygen atoms in total. The topological polar surface area (TPSA) is 137 Å². The van der Waals surface area contributed by atoms with E-state index in [1.165, 1.54) is 18.2 Å². The van der Waals surface area contributed by atoms with E-state index < -0.39 is 47.6 Å². The van der Waals surface area contributed by atoms with Gasteiger partial charge in [-0.3, -0.25) is 0 Å². The minimum absolute atomic E-state index is 0.189. The van der Waals surface area contributed by atoms with Crippen LogP contribution in [-0.2, 0) is 37.8 Å². The van der Waals surface area contributed by atoms with Gasteiger partial charge in [0.15, 0.2) is 0 Å². The van der Waals surface area contributed by atoms with Crippen molar-refractivity contribution in [2.45, 2.75) is 29.4 Å². The lowest BCUT2D eigenvalue weighted by molar-refractivity contribution is 0.597. The number of hydrogen-bond donors (Lipinski definition) is 0. The van der Waals surface area contributed by atoms with Crippen molar-refractivity contribution >= 4 is 59.1 Å². The fourth-order valence-corrected chi connectivity index (χ4v) is 9.08. The number of hydrogen-bond acceptors (Lipinski definition) is 8. The van der Waals surface area contributed by atoms with Crippen LogP contribution < -0.4 is 0 Å². The third kappa shape index (κ3) is 2.90. The summed E-state index contributed by atoms with van der Waals surface area (Å²) in [5, 5.41) is 0. The summed E-state index contributed by atoms with van der Waals surface area (Å²) in [4.78, 5) is -2.05. The molecule has 3 aromatic carbocycles. The van der Waals surface area contributed by atoms with Gasteiger partial charge in [-0.05, 0) is 36.4 Å². The normalized spacial score (nSPS) is 17.3. The van der Waals surface area contributed by atoms with Crippen LogP contribution in [0.3, 0.4) is 0 Å². The minimum Gasteiger partial charge on any atom is -0.218 e. The van der Waals surface area contributed by atoms with E-state index in [0.717, 1.165) is 30.3 Å². The lowest BCUT2D eigenvalue weighted by atomic mass is 9.99. The molecule has 0 amide bonds. The van der Waals surface area contributed by atoms with Crippen molar-refractivity contribution in [1.29, 1.82) is 0 Å². The highest BCUT2D eigenvalue weighted by Crippen LogP contribution is 2.51. The van der Waals surface area contributed by atoms with Gasteiger partial charge in [0.2, 0.25) is 19.7 Å². The Bertz CT molecular complexity index is 1710. The van der Waals surface area contributed by atoms with E-state index in [0.29, 0.717) is 0 Å². The minimum atomic E-state index is -4.24. The van der Waals surface area contributed by atoms with Gasteiger partial charge in [-0.25, -0.2) is 33.7 Å². The zero-order valence-corrected chi connectivity index (χ0v) is 20.1. The molecular weight excluding hydrogens is 543 g/mol. The standard InChI is InChI=1S/C18H8Cl2O8S4/c19-31(25,26)9-1-3-11-13-7-14-12-4-2-10(32(20,27)28)6-16(12)30(23,24)18(14)8-17(13)29(21,22)15(11)5-9/h1-8H. The van der Waals surface area contributed by atoms with Crippen molar-refractivity contribution in [3.63, 3.8) is 0 Å². The summed E-state index contributed by atoms with van der Waals surface area (Å²) in [5.41, 5.74) is 0.763. The van der Waals surface area contributed by atoms with Crippen LogP contribution in [0.25, 0.3) is 22.3 Å². The summed E-state index contributed by atoms with van der Waals surface area (Å²) in [6.45, 7) is 0. The quantitative estimate of drug-likeness (QED) is 0.305. The van der Waals surface area contributed by atoms with Crippen LogP contribution in [0, 0.1) is 0 Å². The maximum atomic E-state index is 13.1. The Labute approximate surface area is 192 Å². The van der Waals surface area contributed by atoms with Crippen LogP contribution in [0.5, 0.6) is 0 Å². The molecule has 2 heterocycles. The Morgan fingerprint density at radius 1 is 0.500 bits per heavy atom. The van der Waals surface area contributed by atoms with Crippen LogP contribution in [0.1, 0.15) is 0 Å². The van der Waals surface area contributed by atoms with Gasteiger partial charge < -0.3 is 0 Å². The maximum Gasteiger partial charge on any atom is 0.261 e. The van der Waals surface area contributed by atoms with Crippen molar-refractivity contribution in [1.82, 2.24) is 0 Å². The van der Waals surface area contributed by atoms with Gasteiger partial charge in [0.1, 0.15) is 0 Å². The lowest BCUT2D eigenvalue weighted by Crippen LogP contribution is -2.02. The summed E-state index contributed by atoms with van der Waals surface area (Å²) >= 11 is 0. The summed E-state index contributed by atoms with van der Waals surface area (Å²) < 4.78 is 98.9. The smallest absolute Gasteiger partial charge is 0.218 e. The van der Waals surface area contributed by atoms with Gasteiger partial charge in [0, 0.05) is 43.6 Å². The van der Waals surface area contributed by atoms with Crippen molar-refractivity contribution in [3.8, 4) is 22.3 Å². The third-order valence-corrected chi connectivity index (χ3v) is 11.7. The molecule has 0 fully saturated rings. The van der Waals surface area contributed by atoms with E-state index >= 15 is 0 Å². The molecule has 0 atom stereocenters. The Hall–Kier alpha value is -1.96. The molecule has 0 saturated carbocycles. The highest BCUT2D eigenvalue weighted by atomic mass is 35.7. The van der Waals surface area contributed by atoms with Gasteiger partial charge in [-0.1, -0.05) is 12.1 Å². The number of halogens is 2. The molecule has 5 rings (SSSR count). The molecule has 3 aromatic rings. The third-order valence-electron chi connectivity index (χ3n) is 5.29. The Kier molecular flexibility index (Phi) is 4.33. The first kappa shape index (κ1) is 21.9. The molecule has 0 N–H and O–H groups in total. The zero-order chi connectivity index (χ0) is 23.4. The largest absolute Gasteiger partial charge is 0.261 e. The van der Waals surface area contributed by atoms with Gasteiger partial charge in [0.05, 0.1) is 29.4 Å². The predicted molar refractivity (Wildman–Crippen MR) is 114 cm³/mol. The molecule has 0 spiro atoms. The highest BCUT2D eigenvalue weighted by Gasteiger charge is 2.41. The Morgan fingerprint density at radius 3 is 1.19 bits per heavy atom. The second-order valence-corrected chi connectivity index (χ2v) is 15.9. The van der Waals surface area contributed by atoms with E-state index in [1.54, 1.807) is 0 Å². The maximum absolute atomic E-state index is 13.1. The first-order chi connectivity index (χ1) is 14.6. The van der Waals surface area contributed by atoms with Gasteiger partial charge >= 0.3 is 0 Å². The second kappa shape index (κ2) is 6.33. The first-order valence-corrected chi connectivity index (χ1v) is 16.1. The summed E-state index contributed by atoms with van der Waals surface area (Å²) in [6.07, 6.45) is 0. The molecule has 0 aliphatic carbocycles. The molecule has 32 heavy (non-hydrogen) atoms. The molecule has 0 aromatic heterocycles. The van der Waals surface area contributed by atoms with Crippen molar-refractivity contribution in [2.24, 2.45) is 0 Å². The van der Waals surface area contributed by atoms with Crippen LogP contribution in [0.2, 0.25) is 0 Å². The number of sulfone groups is 2. The molecular formula is C18H8Cl2O8S4.